The lowest BCUT2D eigenvalue weighted by Crippen LogP contribution is -2.30. The number of anilines is 4. The third-order valence-corrected chi connectivity index (χ3v) is 16.8. The molecule has 14 rings (SSSR count). The Morgan fingerprint density at radius 3 is 1.78 bits per heavy atom. The van der Waals surface area contributed by atoms with Crippen LogP contribution in [0.4, 0.5) is 27.1 Å². The second kappa shape index (κ2) is 19.1. The number of fused-ring (bicyclic) bond motifs is 7. The van der Waals surface area contributed by atoms with Crippen LogP contribution in [0, 0.1) is 5.82 Å². The van der Waals surface area contributed by atoms with E-state index in [1.807, 2.05) is 12.3 Å². The Kier molecular flexibility index (Phi) is 11.7. The number of pyridine rings is 1. The number of halogens is 1. The Balaban J connectivity index is 1.01. The molecule has 0 fully saturated rings. The molecule has 12 aromatic rings. The van der Waals surface area contributed by atoms with Gasteiger partial charge in [-0.2, -0.15) is 0 Å². The Bertz CT molecular complexity index is 4340. The minimum absolute atomic E-state index is 0.0731. The van der Waals surface area contributed by atoms with Gasteiger partial charge in [-0.1, -0.05) is 205 Å². The molecule has 0 spiro atoms. The lowest BCUT2D eigenvalue weighted by molar-refractivity contribution is 0.482. The van der Waals surface area contributed by atoms with Crippen molar-refractivity contribution >= 4 is 44.6 Å². The van der Waals surface area contributed by atoms with E-state index in [0.29, 0.717) is 18.2 Å². The van der Waals surface area contributed by atoms with Gasteiger partial charge in [-0.15, -0.1) is 0 Å². The van der Waals surface area contributed by atoms with Gasteiger partial charge in [0.25, 0.3) is 0 Å². The van der Waals surface area contributed by atoms with E-state index in [9.17, 15) is 0 Å². The summed E-state index contributed by atoms with van der Waals surface area (Å²) >= 11 is 0. The molecule has 81 heavy (non-hydrogen) atoms. The highest BCUT2D eigenvalue weighted by Gasteiger charge is 2.47. The van der Waals surface area contributed by atoms with Gasteiger partial charge in [-0.05, 0) is 133 Å². The molecule has 10 aromatic carbocycles. The average molecular weight is 1050 g/mol. The van der Waals surface area contributed by atoms with Gasteiger partial charge in [-0.3, -0.25) is 4.57 Å². The van der Waals surface area contributed by atoms with Crippen LogP contribution in [0.25, 0.3) is 61.0 Å². The molecule has 1 aliphatic heterocycles. The summed E-state index contributed by atoms with van der Waals surface area (Å²) in [5.41, 5.74) is 18.3. The SMILES string of the molecule is CC(C)(C)c1ccc(C2(c3cc(Oc4ccc5c6ccccc6n(-c6cc(C(C)(C)C)ccn6)c5c4)cc(N4CN(c5c(-c6ccccc6)cccc5-c5ccccc5)c5ccccc54)c3)c3ccccc3-c3cc(F)ccc32)cc1. The Hall–Kier alpha value is -9.52. The number of rotatable bonds is 9. The molecule has 2 aliphatic rings. The van der Waals surface area contributed by atoms with Crippen LogP contribution in [0.5, 0.6) is 11.5 Å². The van der Waals surface area contributed by atoms with E-state index in [1.165, 1.54) is 11.1 Å². The van der Waals surface area contributed by atoms with Crippen molar-refractivity contribution in [1.29, 1.82) is 0 Å². The number of benzene rings is 10. The van der Waals surface area contributed by atoms with Gasteiger partial charge in [0.1, 0.15) is 29.8 Å². The molecule has 394 valence electrons. The first kappa shape index (κ1) is 49.8. The first-order chi connectivity index (χ1) is 39.3. The average Bonchev–Trinajstić information content (AvgIpc) is 4.32. The maximum atomic E-state index is 15.8. The second-order valence-electron chi connectivity index (χ2n) is 23.7. The fraction of sp³-hybridized carbons (Fsp3) is 0.133. The molecule has 5 nitrogen and oxygen atoms in total. The molecule has 0 N–H and O–H groups in total. The van der Waals surface area contributed by atoms with Crippen LogP contribution in [0.1, 0.15) is 74.9 Å². The maximum Gasteiger partial charge on any atom is 0.137 e. The number of nitrogens with zero attached hydrogens (tertiary/aromatic N) is 4. The van der Waals surface area contributed by atoms with Crippen LogP contribution in [0.15, 0.2) is 249 Å². The molecule has 3 heterocycles. The molecule has 1 unspecified atom stereocenters. The highest BCUT2D eigenvalue weighted by Crippen LogP contribution is 2.58. The summed E-state index contributed by atoms with van der Waals surface area (Å²) in [7, 11) is 0. The van der Waals surface area contributed by atoms with Crippen LogP contribution in [0.3, 0.4) is 0 Å². The molecule has 6 heteroatoms. The lowest BCUT2D eigenvalue weighted by Gasteiger charge is -2.35. The molecule has 0 saturated heterocycles. The van der Waals surface area contributed by atoms with Gasteiger partial charge >= 0.3 is 0 Å². The van der Waals surface area contributed by atoms with E-state index in [4.69, 9.17) is 9.72 Å². The molecule has 0 saturated carbocycles. The number of hydrogen-bond donors (Lipinski definition) is 0. The summed E-state index contributed by atoms with van der Waals surface area (Å²) in [6, 6.07) is 85.9. The number of ether oxygens (including phenoxy) is 1. The zero-order valence-corrected chi connectivity index (χ0v) is 46.5. The van der Waals surface area contributed by atoms with Crippen molar-refractivity contribution in [1.82, 2.24) is 9.55 Å². The number of para-hydroxylation sites is 4. The smallest absolute Gasteiger partial charge is 0.137 e. The number of aromatic nitrogens is 2. The topological polar surface area (TPSA) is 33.5 Å². The van der Waals surface area contributed by atoms with Crippen LogP contribution < -0.4 is 14.5 Å². The van der Waals surface area contributed by atoms with Gasteiger partial charge in [-0.25, -0.2) is 9.37 Å². The molecular weight excluding hydrogens is 992 g/mol. The Labute approximate surface area is 473 Å². The summed E-state index contributed by atoms with van der Waals surface area (Å²) in [5.74, 6) is 1.94. The molecule has 1 aliphatic carbocycles. The molecule has 0 amide bonds. The second-order valence-corrected chi connectivity index (χ2v) is 23.7. The van der Waals surface area contributed by atoms with Gasteiger partial charge < -0.3 is 14.5 Å². The Morgan fingerprint density at radius 2 is 1.06 bits per heavy atom. The fourth-order valence-corrected chi connectivity index (χ4v) is 12.8. The standard InChI is InChI=1S/C75H61FN4O/c1-73(2,3)51-32-34-52(35-33-51)75(65-28-15-13-24-61(65)64-45-55(76)36-39-66(64)75)54-42-56(46-58(43-54)81-57-37-38-63-62-25-14-16-29-67(62)80(70(63)47-57)71-44-53(40-41-77-71)74(4,5)6)78-48-79(69-31-18-17-30-68(69)78)72-59(49-20-9-7-10-21-49)26-19-27-60(72)50-22-11-8-12-23-50/h7-47H,48H2,1-6H3. The third-order valence-electron chi connectivity index (χ3n) is 16.8. The predicted molar refractivity (Wildman–Crippen MR) is 333 cm³/mol. The highest BCUT2D eigenvalue weighted by atomic mass is 19.1. The first-order valence-corrected chi connectivity index (χ1v) is 28.1. The van der Waals surface area contributed by atoms with Crippen molar-refractivity contribution in [2.45, 2.75) is 57.8 Å². The normalized spacial score (nSPS) is 14.8. The maximum absolute atomic E-state index is 15.8. The quantitative estimate of drug-likeness (QED) is 0.144. The summed E-state index contributed by atoms with van der Waals surface area (Å²) in [6.07, 6.45) is 1.92. The van der Waals surface area contributed by atoms with Crippen molar-refractivity contribution in [3.8, 4) is 50.7 Å². The van der Waals surface area contributed by atoms with Crippen molar-refractivity contribution in [2.75, 3.05) is 16.5 Å². The van der Waals surface area contributed by atoms with Crippen LogP contribution >= 0.6 is 0 Å². The van der Waals surface area contributed by atoms with E-state index in [0.717, 1.165) is 106 Å². The minimum Gasteiger partial charge on any atom is -0.457 e. The zero-order chi connectivity index (χ0) is 55.2. The lowest BCUT2D eigenvalue weighted by atomic mass is 9.67. The van der Waals surface area contributed by atoms with Crippen molar-refractivity contribution in [3.05, 3.63) is 288 Å². The Morgan fingerprint density at radius 1 is 0.444 bits per heavy atom. The molecule has 2 aromatic heterocycles. The molecule has 0 bridgehead atoms. The highest BCUT2D eigenvalue weighted by molar-refractivity contribution is 6.09. The first-order valence-electron chi connectivity index (χ1n) is 28.1. The van der Waals surface area contributed by atoms with E-state index < -0.39 is 5.41 Å². The molecular formula is C75H61FN4O. The van der Waals surface area contributed by atoms with Crippen molar-refractivity contribution in [3.63, 3.8) is 0 Å². The van der Waals surface area contributed by atoms with Crippen molar-refractivity contribution < 1.29 is 9.13 Å². The van der Waals surface area contributed by atoms with Crippen LogP contribution in [-0.2, 0) is 16.2 Å². The molecule has 1 atom stereocenters. The van der Waals surface area contributed by atoms with Crippen LogP contribution in [-0.4, -0.2) is 16.2 Å². The zero-order valence-electron chi connectivity index (χ0n) is 46.5. The minimum atomic E-state index is -0.885. The summed E-state index contributed by atoms with van der Waals surface area (Å²) in [4.78, 5) is 9.91. The van der Waals surface area contributed by atoms with Gasteiger partial charge in [0.2, 0.25) is 0 Å². The fourth-order valence-electron chi connectivity index (χ4n) is 12.8. The monoisotopic (exact) mass is 1050 g/mol. The van der Waals surface area contributed by atoms with E-state index in [1.54, 1.807) is 12.1 Å². The predicted octanol–water partition coefficient (Wildman–Crippen LogP) is 19.6. The van der Waals surface area contributed by atoms with E-state index in [-0.39, 0.29) is 16.6 Å². The third kappa shape index (κ3) is 8.31. The largest absolute Gasteiger partial charge is 0.457 e. The van der Waals surface area contributed by atoms with Crippen molar-refractivity contribution in [2.24, 2.45) is 0 Å². The van der Waals surface area contributed by atoms with E-state index >= 15 is 4.39 Å². The van der Waals surface area contributed by atoms with Gasteiger partial charge in [0, 0.05) is 45.9 Å². The van der Waals surface area contributed by atoms with E-state index in [2.05, 4.69) is 280 Å². The summed E-state index contributed by atoms with van der Waals surface area (Å²) in [6.45, 7) is 14.0. The summed E-state index contributed by atoms with van der Waals surface area (Å²) < 4.78 is 25.5. The van der Waals surface area contributed by atoms with Crippen LogP contribution in [0.2, 0.25) is 0 Å². The number of hydrogen-bond acceptors (Lipinski definition) is 4. The summed E-state index contributed by atoms with van der Waals surface area (Å²) in [5, 5.41) is 2.25. The van der Waals surface area contributed by atoms with Gasteiger partial charge in [0.15, 0.2) is 0 Å². The molecule has 0 radical (unpaired) electrons. The van der Waals surface area contributed by atoms with Gasteiger partial charge in [0.05, 0.1) is 33.5 Å².